The number of amides is 2. The molecule has 6 atom stereocenters. The molecule has 0 aromatic heterocycles. The van der Waals surface area contributed by atoms with Crippen molar-refractivity contribution in [2.45, 2.75) is 81.1 Å². The van der Waals surface area contributed by atoms with Gasteiger partial charge in [0.05, 0.1) is 17.7 Å². The van der Waals surface area contributed by atoms with Crippen molar-refractivity contribution in [1.29, 1.82) is 5.26 Å². The summed E-state index contributed by atoms with van der Waals surface area (Å²) in [4.78, 5) is 38.6. The first-order valence-electron chi connectivity index (χ1n) is 12.4. The van der Waals surface area contributed by atoms with Crippen LogP contribution in [0.3, 0.4) is 0 Å². The number of nitrogens with zero attached hydrogens (tertiary/aromatic N) is 3. The Labute approximate surface area is 219 Å². The lowest BCUT2D eigenvalue weighted by molar-refractivity contribution is -0.192. The standard InChI is InChI=1S/C23H25F3N4O2.C2HF3O2/c24-23(25,26)15-3-1-12(2-4-15)21(31)29-16-5-6-17(29)9-14(8-16)20(28)22(32)30-18(11-27)7-13-10-19(13)30;3-2(4,5)1(6)7/h1-4,13-14,16-20H,5-10,28H2;(H,6,7)/t13-,14?,16?,17?,18+,19+,20+;/m1./s1. The van der Waals surface area contributed by atoms with Crippen LogP contribution in [0.5, 0.6) is 0 Å². The molecule has 5 rings (SSSR count). The van der Waals surface area contributed by atoms with Crippen LogP contribution in [0.25, 0.3) is 0 Å². The van der Waals surface area contributed by atoms with Crippen molar-refractivity contribution in [2.24, 2.45) is 17.6 Å². The summed E-state index contributed by atoms with van der Waals surface area (Å²) in [6.45, 7) is 0. The number of halogens is 6. The number of piperidine rings is 2. The van der Waals surface area contributed by atoms with Gasteiger partial charge in [0.2, 0.25) is 5.91 Å². The summed E-state index contributed by atoms with van der Waals surface area (Å²) in [5.74, 6) is -2.83. The fourth-order valence-electron chi connectivity index (χ4n) is 6.06. The third-order valence-corrected chi connectivity index (χ3v) is 8.01. The van der Waals surface area contributed by atoms with E-state index in [4.69, 9.17) is 15.6 Å². The SMILES string of the molecule is N#C[C@@H]1C[C@@H]2C[C@@H]2N1C(=O)[C@@H](N)C1CC2CCC(C1)N2C(=O)c1ccc(C(F)(F)F)cc1.O=C(O)C(F)(F)F. The fraction of sp³-hybridized carbons (Fsp3) is 0.600. The van der Waals surface area contributed by atoms with Crippen molar-refractivity contribution < 1.29 is 45.8 Å². The minimum atomic E-state index is -5.08. The second-order valence-corrected chi connectivity index (χ2v) is 10.4. The van der Waals surface area contributed by atoms with E-state index in [-0.39, 0.29) is 41.4 Å². The zero-order valence-electron chi connectivity index (χ0n) is 20.5. The monoisotopic (exact) mass is 560 g/mol. The molecule has 3 N–H and O–H groups in total. The molecule has 4 aliphatic rings. The number of carbonyl (C=O) groups excluding carboxylic acids is 2. The second-order valence-electron chi connectivity index (χ2n) is 10.4. The Morgan fingerprint density at radius 3 is 1.95 bits per heavy atom. The first-order chi connectivity index (χ1) is 18.1. The summed E-state index contributed by atoms with van der Waals surface area (Å²) in [6, 6.07) is 5.45. The summed E-state index contributed by atoms with van der Waals surface area (Å²) in [5, 5.41) is 16.5. The highest BCUT2D eigenvalue weighted by molar-refractivity contribution is 5.95. The van der Waals surface area contributed by atoms with E-state index in [0.29, 0.717) is 18.8 Å². The molecular formula is C25H26F6N4O4. The molecule has 0 radical (unpaired) electrons. The molecule has 1 aromatic rings. The van der Waals surface area contributed by atoms with Crippen LogP contribution in [0, 0.1) is 23.2 Å². The molecule has 4 fully saturated rings. The average molecular weight is 560 g/mol. The van der Waals surface area contributed by atoms with Crippen molar-refractivity contribution in [3.63, 3.8) is 0 Å². The molecule has 3 aliphatic heterocycles. The third kappa shape index (κ3) is 5.83. The largest absolute Gasteiger partial charge is 0.490 e. The summed E-state index contributed by atoms with van der Waals surface area (Å²) < 4.78 is 70.2. The molecular weight excluding hydrogens is 534 g/mol. The van der Waals surface area contributed by atoms with Crippen LogP contribution in [0.15, 0.2) is 24.3 Å². The highest BCUT2D eigenvalue weighted by Gasteiger charge is 2.56. The Hall–Kier alpha value is -3.34. The summed E-state index contributed by atoms with van der Waals surface area (Å²) in [6.07, 6.45) is -5.08. The number of carbonyl (C=O) groups is 3. The number of rotatable bonds is 3. The van der Waals surface area contributed by atoms with E-state index >= 15 is 0 Å². The average Bonchev–Trinajstić information content (AvgIpc) is 3.46. The van der Waals surface area contributed by atoms with E-state index in [1.807, 2.05) is 0 Å². The van der Waals surface area contributed by atoms with Gasteiger partial charge in [-0.2, -0.15) is 31.6 Å². The number of nitrogens with two attached hydrogens (primary N) is 1. The van der Waals surface area contributed by atoms with Gasteiger partial charge < -0.3 is 20.6 Å². The van der Waals surface area contributed by atoms with Gasteiger partial charge in [0.1, 0.15) is 6.04 Å². The van der Waals surface area contributed by atoms with E-state index < -0.39 is 36.0 Å². The Morgan fingerprint density at radius 2 is 1.49 bits per heavy atom. The van der Waals surface area contributed by atoms with Crippen LogP contribution in [-0.4, -0.2) is 69.1 Å². The summed E-state index contributed by atoms with van der Waals surface area (Å²) in [5.41, 5.74) is 5.86. The maximum absolute atomic E-state index is 13.1. The maximum atomic E-state index is 13.1. The number of carboxylic acid groups (broad SMARTS) is 1. The van der Waals surface area contributed by atoms with E-state index in [1.54, 1.807) is 9.80 Å². The smallest absolute Gasteiger partial charge is 0.475 e. The molecule has 212 valence electrons. The Bertz CT molecular complexity index is 1150. The number of alkyl halides is 6. The second kappa shape index (κ2) is 10.3. The van der Waals surface area contributed by atoms with Gasteiger partial charge in [-0.15, -0.1) is 0 Å². The van der Waals surface area contributed by atoms with Crippen LogP contribution >= 0.6 is 0 Å². The van der Waals surface area contributed by atoms with E-state index in [0.717, 1.165) is 37.8 Å². The minimum absolute atomic E-state index is 0.0752. The lowest BCUT2D eigenvalue weighted by atomic mass is 9.84. The number of nitriles is 1. The van der Waals surface area contributed by atoms with Crippen molar-refractivity contribution in [1.82, 2.24) is 9.80 Å². The molecule has 0 spiro atoms. The normalized spacial score (nSPS) is 30.0. The van der Waals surface area contributed by atoms with E-state index in [9.17, 15) is 41.2 Å². The first-order valence-corrected chi connectivity index (χ1v) is 12.4. The Morgan fingerprint density at radius 1 is 0.949 bits per heavy atom. The molecule has 2 unspecified atom stereocenters. The van der Waals surface area contributed by atoms with Gasteiger partial charge in [-0.05, 0) is 74.6 Å². The number of fused-ring (bicyclic) bond motifs is 3. The van der Waals surface area contributed by atoms with Crippen LogP contribution in [0.4, 0.5) is 26.3 Å². The van der Waals surface area contributed by atoms with E-state index in [2.05, 4.69) is 6.07 Å². The van der Waals surface area contributed by atoms with Crippen molar-refractivity contribution in [3.8, 4) is 6.07 Å². The third-order valence-electron chi connectivity index (χ3n) is 8.01. The highest BCUT2D eigenvalue weighted by Crippen LogP contribution is 2.48. The van der Waals surface area contributed by atoms with Gasteiger partial charge >= 0.3 is 18.3 Å². The summed E-state index contributed by atoms with van der Waals surface area (Å²) in [7, 11) is 0. The maximum Gasteiger partial charge on any atom is 0.490 e. The Kier molecular flexibility index (Phi) is 7.59. The predicted molar refractivity (Wildman–Crippen MR) is 122 cm³/mol. The number of likely N-dealkylation sites (tertiary alicyclic amines) is 1. The zero-order chi connectivity index (χ0) is 28.9. The number of hydrogen-bond donors (Lipinski definition) is 2. The van der Waals surface area contributed by atoms with Gasteiger partial charge in [-0.3, -0.25) is 9.59 Å². The quantitative estimate of drug-likeness (QED) is 0.545. The Balaban J connectivity index is 0.000000448. The molecule has 1 aromatic carbocycles. The number of carboxylic acids is 1. The van der Waals surface area contributed by atoms with Crippen molar-refractivity contribution in [3.05, 3.63) is 35.4 Å². The highest BCUT2D eigenvalue weighted by atomic mass is 19.4. The summed E-state index contributed by atoms with van der Waals surface area (Å²) >= 11 is 0. The number of hydrogen-bond acceptors (Lipinski definition) is 5. The zero-order valence-corrected chi connectivity index (χ0v) is 20.5. The fourth-order valence-corrected chi connectivity index (χ4v) is 6.06. The first kappa shape index (κ1) is 28.7. The van der Waals surface area contributed by atoms with Gasteiger partial charge in [-0.1, -0.05) is 0 Å². The van der Waals surface area contributed by atoms with Crippen LogP contribution < -0.4 is 5.73 Å². The molecule has 3 heterocycles. The van der Waals surface area contributed by atoms with Crippen LogP contribution in [0.1, 0.15) is 54.4 Å². The topological polar surface area (TPSA) is 128 Å². The van der Waals surface area contributed by atoms with Gasteiger partial charge in [0, 0.05) is 23.7 Å². The molecule has 14 heteroatoms. The molecule has 1 saturated carbocycles. The lowest BCUT2D eigenvalue weighted by Crippen LogP contribution is -2.55. The molecule has 2 amide bonds. The van der Waals surface area contributed by atoms with Crippen LogP contribution in [0.2, 0.25) is 0 Å². The van der Waals surface area contributed by atoms with Gasteiger partial charge in [-0.25, -0.2) is 4.79 Å². The lowest BCUT2D eigenvalue weighted by Gasteiger charge is -2.41. The van der Waals surface area contributed by atoms with Gasteiger partial charge in [0.15, 0.2) is 0 Å². The minimum Gasteiger partial charge on any atom is -0.475 e. The predicted octanol–water partition coefficient (Wildman–Crippen LogP) is 3.56. The molecule has 39 heavy (non-hydrogen) atoms. The van der Waals surface area contributed by atoms with Crippen molar-refractivity contribution in [2.75, 3.05) is 0 Å². The molecule has 8 nitrogen and oxygen atoms in total. The van der Waals surface area contributed by atoms with E-state index in [1.165, 1.54) is 12.1 Å². The molecule has 1 aliphatic carbocycles. The van der Waals surface area contributed by atoms with Crippen LogP contribution in [-0.2, 0) is 15.8 Å². The van der Waals surface area contributed by atoms with Crippen molar-refractivity contribution >= 4 is 17.8 Å². The molecule has 2 bridgehead atoms. The number of benzene rings is 1. The molecule has 3 saturated heterocycles. The number of aliphatic carboxylic acids is 1. The van der Waals surface area contributed by atoms with Gasteiger partial charge in [0.25, 0.3) is 5.91 Å².